The first-order chi connectivity index (χ1) is 11.7. The van der Waals surface area contributed by atoms with Gasteiger partial charge in [-0.1, -0.05) is 18.2 Å². The molecule has 0 radical (unpaired) electrons. The second-order valence-corrected chi connectivity index (χ2v) is 6.09. The third-order valence-electron chi connectivity index (χ3n) is 4.24. The number of aromatic nitrogens is 2. The average molecular weight is 329 g/mol. The molecule has 1 aromatic heterocycles. The SMILES string of the molecule is COCCN(Cc1cnn(C)c1)C(=O)[C@@H]1COc2ccccc2C1. The van der Waals surface area contributed by atoms with E-state index in [4.69, 9.17) is 9.47 Å². The molecule has 0 unspecified atom stereocenters. The lowest BCUT2D eigenvalue weighted by atomic mass is 9.95. The van der Waals surface area contributed by atoms with Crippen molar-refractivity contribution >= 4 is 5.91 Å². The van der Waals surface area contributed by atoms with Crippen LogP contribution in [-0.4, -0.2) is 47.5 Å². The second-order valence-electron chi connectivity index (χ2n) is 6.09. The van der Waals surface area contributed by atoms with Crippen molar-refractivity contribution in [3.63, 3.8) is 0 Å². The Morgan fingerprint density at radius 3 is 3.04 bits per heavy atom. The van der Waals surface area contributed by atoms with E-state index < -0.39 is 0 Å². The highest BCUT2D eigenvalue weighted by molar-refractivity contribution is 5.79. The fourth-order valence-corrected chi connectivity index (χ4v) is 2.99. The van der Waals surface area contributed by atoms with Gasteiger partial charge in [0.1, 0.15) is 12.4 Å². The molecule has 1 aromatic carbocycles. The van der Waals surface area contributed by atoms with Crippen LogP contribution in [0.3, 0.4) is 0 Å². The number of nitrogens with zero attached hydrogens (tertiary/aromatic N) is 3. The van der Waals surface area contributed by atoms with Crippen LogP contribution in [0, 0.1) is 5.92 Å². The summed E-state index contributed by atoms with van der Waals surface area (Å²) in [6.45, 7) is 2.03. The maximum atomic E-state index is 13.0. The number of hydrogen-bond donors (Lipinski definition) is 0. The number of fused-ring (bicyclic) bond motifs is 1. The van der Waals surface area contributed by atoms with Gasteiger partial charge in [-0.15, -0.1) is 0 Å². The minimum absolute atomic E-state index is 0.102. The normalized spacial score (nSPS) is 16.3. The van der Waals surface area contributed by atoms with Gasteiger partial charge in [-0.3, -0.25) is 9.48 Å². The van der Waals surface area contributed by atoms with Crippen molar-refractivity contribution < 1.29 is 14.3 Å². The van der Waals surface area contributed by atoms with Crippen LogP contribution in [0.5, 0.6) is 5.75 Å². The molecule has 0 fully saturated rings. The van der Waals surface area contributed by atoms with Crippen LogP contribution in [0.1, 0.15) is 11.1 Å². The first kappa shape index (κ1) is 16.5. The van der Waals surface area contributed by atoms with Gasteiger partial charge in [-0.25, -0.2) is 0 Å². The summed E-state index contributed by atoms with van der Waals surface area (Å²) in [6, 6.07) is 7.91. The van der Waals surface area contributed by atoms with Gasteiger partial charge in [0.25, 0.3) is 0 Å². The van der Waals surface area contributed by atoms with Crippen molar-refractivity contribution in [3.05, 3.63) is 47.8 Å². The van der Waals surface area contributed by atoms with Crippen LogP contribution < -0.4 is 4.74 Å². The molecule has 1 amide bonds. The maximum Gasteiger partial charge on any atom is 0.229 e. The number of hydrogen-bond acceptors (Lipinski definition) is 4. The fraction of sp³-hybridized carbons (Fsp3) is 0.444. The van der Waals surface area contributed by atoms with Crippen LogP contribution in [0.2, 0.25) is 0 Å². The highest BCUT2D eigenvalue weighted by Crippen LogP contribution is 2.28. The highest BCUT2D eigenvalue weighted by Gasteiger charge is 2.29. The molecule has 0 saturated heterocycles. The van der Waals surface area contributed by atoms with Crippen LogP contribution in [0.15, 0.2) is 36.7 Å². The molecular weight excluding hydrogens is 306 g/mol. The molecule has 0 N–H and O–H groups in total. The van der Waals surface area contributed by atoms with Gasteiger partial charge in [0.15, 0.2) is 0 Å². The van der Waals surface area contributed by atoms with Gasteiger partial charge < -0.3 is 14.4 Å². The summed E-state index contributed by atoms with van der Waals surface area (Å²) in [5.74, 6) is 0.830. The van der Waals surface area contributed by atoms with Crippen molar-refractivity contribution in [1.82, 2.24) is 14.7 Å². The fourth-order valence-electron chi connectivity index (χ4n) is 2.99. The molecule has 0 bridgehead atoms. The number of para-hydroxylation sites is 1. The molecule has 1 aliphatic rings. The summed E-state index contributed by atoms with van der Waals surface area (Å²) in [6.07, 6.45) is 4.44. The van der Waals surface area contributed by atoms with E-state index in [-0.39, 0.29) is 11.8 Å². The van der Waals surface area contributed by atoms with Crippen LogP contribution in [0.25, 0.3) is 0 Å². The lowest BCUT2D eigenvalue weighted by molar-refractivity contribution is -0.138. The molecule has 3 rings (SSSR count). The summed E-state index contributed by atoms with van der Waals surface area (Å²) in [5.41, 5.74) is 2.11. The number of carbonyl (C=O) groups is 1. The Bertz CT molecular complexity index is 698. The number of aryl methyl sites for hydroxylation is 1. The Kier molecular flexibility index (Phi) is 5.15. The number of carbonyl (C=O) groups excluding carboxylic acids is 1. The number of rotatable bonds is 6. The van der Waals surface area contributed by atoms with Gasteiger partial charge in [-0.05, 0) is 18.1 Å². The molecule has 1 atom stereocenters. The molecule has 2 heterocycles. The lowest BCUT2D eigenvalue weighted by Gasteiger charge is -2.30. The van der Waals surface area contributed by atoms with Gasteiger partial charge >= 0.3 is 0 Å². The predicted octanol–water partition coefficient (Wildman–Crippen LogP) is 1.65. The molecule has 6 nitrogen and oxygen atoms in total. The van der Waals surface area contributed by atoms with E-state index in [1.54, 1.807) is 18.0 Å². The van der Waals surface area contributed by atoms with E-state index >= 15 is 0 Å². The Hall–Kier alpha value is -2.34. The average Bonchev–Trinajstić information content (AvgIpc) is 3.02. The first-order valence-corrected chi connectivity index (χ1v) is 8.13. The summed E-state index contributed by atoms with van der Waals surface area (Å²) >= 11 is 0. The van der Waals surface area contributed by atoms with Gasteiger partial charge in [-0.2, -0.15) is 5.10 Å². The van der Waals surface area contributed by atoms with Gasteiger partial charge in [0, 0.05) is 39.0 Å². The molecule has 1 aliphatic heterocycles. The van der Waals surface area contributed by atoms with E-state index in [0.717, 1.165) is 16.9 Å². The van der Waals surface area contributed by atoms with Crippen molar-refractivity contribution in [1.29, 1.82) is 0 Å². The summed E-state index contributed by atoms with van der Waals surface area (Å²) < 4.78 is 12.7. The predicted molar refractivity (Wildman–Crippen MR) is 89.6 cm³/mol. The molecule has 0 aliphatic carbocycles. The van der Waals surface area contributed by atoms with Gasteiger partial charge in [0.2, 0.25) is 5.91 Å². The Labute approximate surface area is 142 Å². The number of benzene rings is 1. The molecule has 0 spiro atoms. The molecule has 6 heteroatoms. The number of amides is 1. The van der Waals surface area contributed by atoms with E-state index in [0.29, 0.717) is 32.7 Å². The standard InChI is InChI=1S/C18H23N3O3/c1-20-11-14(10-19-20)12-21(7-8-23-2)18(22)16-9-15-5-3-4-6-17(15)24-13-16/h3-6,10-11,16H,7-9,12-13H2,1-2H3/t16-/m0/s1. The minimum atomic E-state index is -0.159. The Morgan fingerprint density at radius 1 is 1.46 bits per heavy atom. The number of methoxy groups -OCH3 is 1. The molecule has 2 aromatic rings. The molecular formula is C18H23N3O3. The van der Waals surface area contributed by atoms with Crippen LogP contribution in [-0.2, 0) is 29.5 Å². The van der Waals surface area contributed by atoms with Crippen molar-refractivity contribution in [2.75, 3.05) is 26.9 Å². The van der Waals surface area contributed by atoms with Crippen molar-refractivity contribution in [2.45, 2.75) is 13.0 Å². The largest absolute Gasteiger partial charge is 0.492 e. The van der Waals surface area contributed by atoms with Crippen molar-refractivity contribution in [3.8, 4) is 5.75 Å². The Balaban J connectivity index is 1.71. The van der Waals surface area contributed by atoms with Gasteiger partial charge in [0.05, 0.1) is 18.7 Å². The maximum absolute atomic E-state index is 13.0. The summed E-state index contributed by atoms with van der Waals surface area (Å²) in [5, 5.41) is 4.17. The van der Waals surface area contributed by atoms with Crippen molar-refractivity contribution in [2.24, 2.45) is 13.0 Å². The van der Waals surface area contributed by atoms with E-state index in [9.17, 15) is 4.79 Å². The first-order valence-electron chi connectivity index (χ1n) is 8.13. The summed E-state index contributed by atoms with van der Waals surface area (Å²) in [4.78, 5) is 14.8. The van der Waals surface area contributed by atoms with E-state index in [2.05, 4.69) is 5.10 Å². The molecule has 0 saturated carbocycles. The van der Waals surface area contributed by atoms with E-state index in [1.807, 2.05) is 42.4 Å². The lowest BCUT2D eigenvalue weighted by Crippen LogP contribution is -2.41. The zero-order valence-corrected chi connectivity index (χ0v) is 14.1. The van der Waals surface area contributed by atoms with Crippen LogP contribution >= 0.6 is 0 Å². The quantitative estimate of drug-likeness (QED) is 0.808. The topological polar surface area (TPSA) is 56.6 Å². The molecule has 128 valence electrons. The van der Waals surface area contributed by atoms with Crippen LogP contribution in [0.4, 0.5) is 0 Å². The zero-order valence-electron chi connectivity index (χ0n) is 14.1. The second kappa shape index (κ2) is 7.49. The number of ether oxygens (including phenoxy) is 2. The van der Waals surface area contributed by atoms with E-state index in [1.165, 1.54) is 0 Å². The zero-order chi connectivity index (χ0) is 16.9. The molecule has 24 heavy (non-hydrogen) atoms. The third kappa shape index (κ3) is 3.76. The highest BCUT2D eigenvalue weighted by atomic mass is 16.5. The summed E-state index contributed by atoms with van der Waals surface area (Å²) in [7, 11) is 3.52. The monoisotopic (exact) mass is 329 g/mol. The third-order valence-corrected chi connectivity index (χ3v) is 4.24. The minimum Gasteiger partial charge on any atom is -0.492 e. The smallest absolute Gasteiger partial charge is 0.229 e. The Morgan fingerprint density at radius 2 is 2.29 bits per heavy atom.